The Labute approximate surface area is 93.4 Å². The van der Waals surface area contributed by atoms with Crippen molar-refractivity contribution in [3.8, 4) is 0 Å². The first-order chi connectivity index (χ1) is 6.97. The van der Waals surface area contributed by atoms with E-state index in [-0.39, 0.29) is 16.8 Å². The van der Waals surface area contributed by atoms with Gasteiger partial charge in [0.25, 0.3) is 5.69 Å². The maximum atomic E-state index is 13.3. The van der Waals surface area contributed by atoms with E-state index in [4.69, 9.17) is 0 Å². The molecule has 15 heavy (non-hydrogen) atoms. The van der Waals surface area contributed by atoms with Crippen LogP contribution in [0, 0.1) is 22.9 Å². The molecule has 0 amide bonds. The topological polar surface area (TPSA) is 60.2 Å². The summed E-state index contributed by atoms with van der Waals surface area (Å²) in [5.74, 6) is -0.689. The molecule has 0 bridgehead atoms. The van der Waals surface area contributed by atoms with Gasteiger partial charge in [-0.1, -0.05) is 15.9 Å². The summed E-state index contributed by atoms with van der Waals surface area (Å²) in [7, 11) is 0. The Morgan fingerprint density at radius 3 is 2.67 bits per heavy atom. The van der Waals surface area contributed by atoms with Gasteiger partial charge in [0.1, 0.15) is 12.1 Å². The van der Waals surface area contributed by atoms with Crippen LogP contribution < -0.4 is 0 Å². The zero-order valence-electron chi connectivity index (χ0n) is 7.74. The van der Waals surface area contributed by atoms with Crippen molar-refractivity contribution in [1.29, 1.82) is 0 Å². The number of nitro benzene ring substituents is 1. The molecule has 80 valence electrons. The molecule has 0 saturated carbocycles. The van der Waals surface area contributed by atoms with Crippen LogP contribution in [-0.4, -0.2) is 11.2 Å². The fourth-order valence-corrected chi connectivity index (χ4v) is 1.38. The summed E-state index contributed by atoms with van der Waals surface area (Å²) in [6.07, 6.45) is 0.536. The van der Waals surface area contributed by atoms with Crippen LogP contribution in [-0.2, 0) is 4.79 Å². The highest BCUT2D eigenvalue weighted by atomic mass is 79.9. The van der Waals surface area contributed by atoms with Crippen molar-refractivity contribution in [2.24, 2.45) is 0 Å². The number of aldehydes is 1. The average molecular weight is 276 g/mol. The van der Waals surface area contributed by atoms with Crippen molar-refractivity contribution in [2.75, 3.05) is 0 Å². The summed E-state index contributed by atoms with van der Waals surface area (Å²) in [4.78, 5) is 19.6. The van der Waals surface area contributed by atoms with Gasteiger partial charge in [-0.25, -0.2) is 4.39 Å². The Kier molecular flexibility index (Phi) is 3.52. The molecular weight excluding hydrogens is 269 g/mol. The van der Waals surface area contributed by atoms with Gasteiger partial charge in [0.2, 0.25) is 0 Å². The molecule has 1 aromatic carbocycles. The Morgan fingerprint density at radius 1 is 1.60 bits per heavy atom. The highest BCUT2D eigenvalue weighted by molar-refractivity contribution is 9.09. The Balaban J connectivity index is 3.35. The fourth-order valence-electron chi connectivity index (χ4n) is 1.11. The molecule has 1 atom stereocenters. The number of carbonyl (C=O) groups is 1. The van der Waals surface area contributed by atoms with Crippen molar-refractivity contribution >= 4 is 27.9 Å². The maximum Gasteiger partial charge on any atom is 0.275 e. The van der Waals surface area contributed by atoms with Crippen LogP contribution in [0.1, 0.15) is 16.0 Å². The first kappa shape index (κ1) is 11.8. The van der Waals surface area contributed by atoms with E-state index in [0.29, 0.717) is 6.29 Å². The molecule has 1 rings (SSSR count). The third-order valence-electron chi connectivity index (χ3n) is 1.97. The number of carbonyl (C=O) groups excluding carboxylic acids is 1. The molecule has 0 aliphatic rings. The van der Waals surface area contributed by atoms with Crippen LogP contribution in [0.15, 0.2) is 12.1 Å². The molecule has 0 fully saturated rings. The number of hydrogen-bond donors (Lipinski definition) is 0. The molecule has 1 aromatic rings. The Morgan fingerprint density at radius 2 is 2.20 bits per heavy atom. The van der Waals surface area contributed by atoms with Crippen molar-refractivity contribution in [3.63, 3.8) is 0 Å². The molecule has 0 saturated heterocycles. The largest absolute Gasteiger partial charge is 0.302 e. The molecule has 0 aliphatic carbocycles. The summed E-state index contributed by atoms with van der Waals surface area (Å²) < 4.78 is 13.3. The molecule has 0 spiro atoms. The third-order valence-corrected chi connectivity index (χ3v) is 2.72. The van der Waals surface area contributed by atoms with E-state index in [0.717, 1.165) is 6.07 Å². The van der Waals surface area contributed by atoms with Crippen molar-refractivity contribution in [3.05, 3.63) is 39.2 Å². The first-order valence-corrected chi connectivity index (χ1v) is 4.92. The average Bonchev–Trinajstić information content (AvgIpc) is 2.20. The van der Waals surface area contributed by atoms with Gasteiger partial charge in [-0.05, 0) is 18.6 Å². The zero-order valence-corrected chi connectivity index (χ0v) is 9.32. The summed E-state index contributed by atoms with van der Waals surface area (Å²) >= 11 is 2.97. The summed E-state index contributed by atoms with van der Waals surface area (Å²) in [5, 5.41) is 10.6. The van der Waals surface area contributed by atoms with Gasteiger partial charge in [0, 0.05) is 6.07 Å². The summed E-state index contributed by atoms with van der Waals surface area (Å²) in [5.41, 5.74) is -0.120. The number of nitro groups is 1. The van der Waals surface area contributed by atoms with E-state index in [2.05, 4.69) is 15.9 Å². The molecule has 0 heterocycles. The van der Waals surface area contributed by atoms with Gasteiger partial charge in [-0.3, -0.25) is 10.1 Å². The lowest BCUT2D eigenvalue weighted by atomic mass is 10.1. The van der Waals surface area contributed by atoms with E-state index >= 15 is 0 Å². The van der Waals surface area contributed by atoms with Gasteiger partial charge in [0.15, 0.2) is 0 Å². The highest BCUT2D eigenvalue weighted by Crippen LogP contribution is 2.28. The van der Waals surface area contributed by atoms with Crippen LogP contribution in [0.3, 0.4) is 0 Å². The van der Waals surface area contributed by atoms with E-state index in [1.807, 2.05) is 0 Å². The van der Waals surface area contributed by atoms with E-state index in [9.17, 15) is 19.3 Å². The Bertz CT molecular complexity index is 422. The van der Waals surface area contributed by atoms with Crippen LogP contribution in [0.25, 0.3) is 0 Å². The lowest BCUT2D eigenvalue weighted by molar-refractivity contribution is -0.385. The third kappa shape index (κ3) is 2.38. The number of nitrogens with zero attached hydrogens (tertiary/aromatic N) is 1. The lowest BCUT2D eigenvalue weighted by Gasteiger charge is -2.05. The number of rotatable bonds is 3. The van der Waals surface area contributed by atoms with Crippen LogP contribution in [0.2, 0.25) is 0 Å². The lowest BCUT2D eigenvalue weighted by Crippen LogP contribution is -1.99. The minimum absolute atomic E-state index is 0.0330. The molecule has 0 aromatic heterocycles. The highest BCUT2D eigenvalue weighted by Gasteiger charge is 2.18. The second-order valence-electron chi connectivity index (χ2n) is 2.94. The van der Waals surface area contributed by atoms with E-state index in [1.54, 1.807) is 0 Å². The minimum Gasteiger partial charge on any atom is -0.302 e. The molecule has 0 unspecified atom stereocenters. The zero-order chi connectivity index (χ0) is 11.6. The summed E-state index contributed by atoms with van der Waals surface area (Å²) in [6.45, 7) is 1.32. The number of hydrogen-bond acceptors (Lipinski definition) is 3. The Hall–Kier alpha value is -1.30. The van der Waals surface area contributed by atoms with Gasteiger partial charge in [-0.2, -0.15) is 0 Å². The first-order valence-electron chi connectivity index (χ1n) is 4.01. The van der Waals surface area contributed by atoms with Crippen LogP contribution >= 0.6 is 15.9 Å². The van der Waals surface area contributed by atoms with Crippen LogP contribution in [0.4, 0.5) is 10.1 Å². The van der Waals surface area contributed by atoms with Gasteiger partial charge in [-0.15, -0.1) is 0 Å². The van der Waals surface area contributed by atoms with Crippen molar-refractivity contribution in [2.45, 2.75) is 11.8 Å². The quantitative estimate of drug-likeness (QED) is 0.369. The fraction of sp³-hybridized carbons (Fsp3) is 0.222. The standard InChI is InChI=1S/C9H7BrFNO3/c1-5-8(11)2-6(7(10)4-13)3-9(5)12(14)15/h2-4,7H,1H3/t7-/m1/s1. The molecule has 4 nitrogen and oxygen atoms in total. The maximum absolute atomic E-state index is 13.3. The predicted molar refractivity (Wildman–Crippen MR) is 55.5 cm³/mol. The second kappa shape index (κ2) is 4.48. The molecular formula is C9H7BrFNO3. The smallest absolute Gasteiger partial charge is 0.275 e. The normalized spacial score (nSPS) is 12.2. The van der Waals surface area contributed by atoms with Crippen molar-refractivity contribution in [1.82, 2.24) is 0 Å². The molecule has 0 N–H and O–H groups in total. The van der Waals surface area contributed by atoms with Gasteiger partial charge >= 0.3 is 0 Å². The van der Waals surface area contributed by atoms with E-state index < -0.39 is 15.6 Å². The molecule has 0 aliphatic heterocycles. The van der Waals surface area contributed by atoms with Gasteiger partial charge in [0.05, 0.1) is 15.3 Å². The van der Waals surface area contributed by atoms with E-state index in [1.165, 1.54) is 13.0 Å². The SMILES string of the molecule is Cc1c(F)cc([C@H](Br)C=O)cc1[N+](=O)[O-]. The molecule has 6 heteroatoms. The van der Waals surface area contributed by atoms with Gasteiger partial charge < -0.3 is 4.79 Å². The minimum atomic E-state index is -0.730. The predicted octanol–water partition coefficient (Wildman–Crippen LogP) is 2.68. The van der Waals surface area contributed by atoms with Crippen molar-refractivity contribution < 1.29 is 14.1 Å². The number of alkyl halides is 1. The van der Waals surface area contributed by atoms with Crippen LogP contribution in [0.5, 0.6) is 0 Å². The monoisotopic (exact) mass is 275 g/mol. The number of halogens is 2. The number of benzene rings is 1. The summed E-state index contributed by atoms with van der Waals surface area (Å²) in [6, 6.07) is 2.29. The second-order valence-corrected chi connectivity index (χ2v) is 3.93. The molecule has 0 radical (unpaired) electrons.